The lowest BCUT2D eigenvalue weighted by atomic mass is 10.3. The molecule has 0 bridgehead atoms. The molecule has 0 aliphatic heterocycles. The molecule has 3 rings (SSSR count). The number of nitrogen functional groups attached to an aromatic ring is 1. The minimum Gasteiger partial charge on any atom is -0.486 e. The molecule has 0 fully saturated rings. The van der Waals surface area contributed by atoms with E-state index < -0.39 is 0 Å². The minimum absolute atomic E-state index is 0.401. The Bertz CT molecular complexity index is 661. The van der Waals surface area contributed by atoms with Crippen molar-refractivity contribution in [2.24, 2.45) is 0 Å². The average molecular weight is 239 g/mol. The number of hydrogen-bond donors (Lipinski definition) is 2. The van der Waals surface area contributed by atoms with Crippen molar-refractivity contribution >= 4 is 16.7 Å². The van der Waals surface area contributed by atoms with E-state index in [1.54, 1.807) is 0 Å². The molecule has 3 aromatic rings. The molecule has 1 heterocycles. The molecule has 2 aromatic carbocycles. The molecule has 18 heavy (non-hydrogen) atoms. The van der Waals surface area contributed by atoms with Crippen molar-refractivity contribution in [3.8, 4) is 5.75 Å². The first-order chi connectivity index (χ1) is 8.83. The Balaban J connectivity index is 1.81. The molecule has 0 saturated heterocycles. The highest BCUT2D eigenvalue weighted by Crippen LogP contribution is 2.19. The number of H-pyrrole nitrogens is 1. The molecular formula is C14H13N3O. The van der Waals surface area contributed by atoms with Crippen LogP contribution < -0.4 is 10.5 Å². The third-order valence-electron chi connectivity index (χ3n) is 2.71. The smallest absolute Gasteiger partial charge is 0.146 e. The maximum atomic E-state index is 5.85. The number of nitrogens with two attached hydrogens (primary N) is 1. The zero-order valence-corrected chi connectivity index (χ0v) is 9.76. The van der Waals surface area contributed by atoms with Crippen LogP contribution in [0.2, 0.25) is 0 Å². The van der Waals surface area contributed by atoms with Crippen molar-refractivity contribution in [3.05, 3.63) is 54.4 Å². The van der Waals surface area contributed by atoms with Gasteiger partial charge in [-0.3, -0.25) is 0 Å². The van der Waals surface area contributed by atoms with Crippen LogP contribution in [0.5, 0.6) is 5.75 Å². The van der Waals surface area contributed by atoms with Gasteiger partial charge in [0.15, 0.2) is 0 Å². The molecule has 0 unspecified atom stereocenters. The number of nitrogens with zero attached hydrogens (tertiary/aromatic N) is 1. The monoisotopic (exact) mass is 239 g/mol. The highest BCUT2D eigenvalue weighted by atomic mass is 16.5. The number of aromatic amines is 1. The Labute approximate surface area is 104 Å². The number of imidazole rings is 1. The molecule has 0 aliphatic rings. The number of nitrogens with one attached hydrogen (secondary N) is 1. The molecule has 3 N–H and O–H groups in total. The highest BCUT2D eigenvalue weighted by Gasteiger charge is 2.05. The van der Waals surface area contributed by atoms with Crippen LogP contribution in [0, 0.1) is 0 Å². The third kappa shape index (κ3) is 2.00. The SMILES string of the molecule is Nc1cccc2[nH]c(COc3ccccc3)nc12. The summed E-state index contributed by atoms with van der Waals surface area (Å²) in [5.74, 6) is 1.60. The number of anilines is 1. The summed E-state index contributed by atoms with van der Waals surface area (Å²) in [6.45, 7) is 0.401. The molecule has 90 valence electrons. The standard InChI is InChI=1S/C14H13N3O/c15-11-7-4-8-12-14(11)17-13(16-12)9-18-10-5-2-1-3-6-10/h1-8H,9,15H2,(H,16,17). The van der Waals surface area contributed by atoms with E-state index in [1.165, 1.54) is 0 Å². The fourth-order valence-corrected chi connectivity index (χ4v) is 1.84. The maximum Gasteiger partial charge on any atom is 0.146 e. The van der Waals surface area contributed by atoms with E-state index in [4.69, 9.17) is 10.5 Å². The second kappa shape index (κ2) is 4.41. The summed E-state index contributed by atoms with van der Waals surface area (Å²) in [6.07, 6.45) is 0. The van der Waals surface area contributed by atoms with Gasteiger partial charge in [-0.05, 0) is 24.3 Å². The molecular weight excluding hydrogens is 226 g/mol. The van der Waals surface area contributed by atoms with Gasteiger partial charge in [-0.2, -0.15) is 0 Å². The topological polar surface area (TPSA) is 63.9 Å². The number of para-hydroxylation sites is 2. The number of fused-ring (bicyclic) bond motifs is 1. The molecule has 0 aliphatic carbocycles. The van der Waals surface area contributed by atoms with Gasteiger partial charge < -0.3 is 15.5 Å². The van der Waals surface area contributed by atoms with Crippen molar-refractivity contribution in [2.45, 2.75) is 6.61 Å². The van der Waals surface area contributed by atoms with Crippen LogP contribution in [-0.4, -0.2) is 9.97 Å². The predicted octanol–water partition coefficient (Wildman–Crippen LogP) is 2.72. The van der Waals surface area contributed by atoms with Crippen molar-refractivity contribution in [1.82, 2.24) is 9.97 Å². The Morgan fingerprint density at radius 2 is 1.89 bits per heavy atom. The van der Waals surface area contributed by atoms with Gasteiger partial charge in [0.05, 0.1) is 11.2 Å². The quantitative estimate of drug-likeness (QED) is 0.691. The summed E-state index contributed by atoms with van der Waals surface area (Å²) in [5, 5.41) is 0. The van der Waals surface area contributed by atoms with Gasteiger partial charge in [-0.1, -0.05) is 24.3 Å². The molecule has 4 nitrogen and oxygen atoms in total. The van der Waals surface area contributed by atoms with Crippen molar-refractivity contribution in [2.75, 3.05) is 5.73 Å². The fraction of sp³-hybridized carbons (Fsp3) is 0.0714. The van der Waals surface area contributed by atoms with E-state index in [2.05, 4.69) is 9.97 Å². The Morgan fingerprint density at radius 3 is 2.67 bits per heavy atom. The van der Waals surface area contributed by atoms with Gasteiger partial charge in [0.2, 0.25) is 0 Å². The highest BCUT2D eigenvalue weighted by molar-refractivity contribution is 5.86. The van der Waals surface area contributed by atoms with Gasteiger partial charge in [0.25, 0.3) is 0 Å². The molecule has 4 heteroatoms. The maximum absolute atomic E-state index is 5.85. The summed E-state index contributed by atoms with van der Waals surface area (Å²) >= 11 is 0. The first-order valence-corrected chi connectivity index (χ1v) is 5.74. The van der Waals surface area contributed by atoms with E-state index in [0.717, 1.165) is 22.6 Å². The van der Waals surface area contributed by atoms with Crippen LogP contribution >= 0.6 is 0 Å². The van der Waals surface area contributed by atoms with Crippen LogP contribution in [0.25, 0.3) is 11.0 Å². The lowest BCUT2D eigenvalue weighted by molar-refractivity contribution is 0.297. The summed E-state index contributed by atoms with van der Waals surface area (Å²) in [6, 6.07) is 15.3. The Hall–Kier alpha value is -2.49. The van der Waals surface area contributed by atoms with E-state index in [0.29, 0.717) is 12.3 Å². The summed E-state index contributed by atoms with van der Waals surface area (Å²) in [5.41, 5.74) is 8.26. The third-order valence-corrected chi connectivity index (χ3v) is 2.71. The first kappa shape index (κ1) is 10.7. The molecule has 0 atom stereocenters. The zero-order chi connectivity index (χ0) is 12.4. The minimum atomic E-state index is 0.401. The van der Waals surface area contributed by atoms with Gasteiger partial charge in [-0.15, -0.1) is 0 Å². The summed E-state index contributed by atoms with van der Waals surface area (Å²) in [7, 11) is 0. The van der Waals surface area contributed by atoms with Crippen LogP contribution in [-0.2, 0) is 6.61 Å². The molecule has 1 aromatic heterocycles. The number of ether oxygens (including phenoxy) is 1. The number of aromatic nitrogens is 2. The van der Waals surface area contributed by atoms with Gasteiger partial charge in [0, 0.05) is 0 Å². The number of benzene rings is 2. The van der Waals surface area contributed by atoms with E-state index >= 15 is 0 Å². The van der Waals surface area contributed by atoms with E-state index in [-0.39, 0.29) is 0 Å². The summed E-state index contributed by atoms with van der Waals surface area (Å²) in [4.78, 5) is 7.61. The number of hydrogen-bond acceptors (Lipinski definition) is 3. The second-order valence-electron chi connectivity index (χ2n) is 4.03. The van der Waals surface area contributed by atoms with Gasteiger partial charge >= 0.3 is 0 Å². The zero-order valence-electron chi connectivity index (χ0n) is 9.76. The largest absolute Gasteiger partial charge is 0.486 e. The average Bonchev–Trinajstić information content (AvgIpc) is 2.82. The van der Waals surface area contributed by atoms with Gasteiger partial charge in [-0.25, -0.2) is 4.98 Å². The molecule has 0 radical (unpaired) electrons. The van der Waals surface area contributed by atoms with Crippen molar-refractivity contribution in [3.63, 3.8) is 0 Å². The second-order valence-corrected chi connectivity index (χ2v) is 4.03. The van der Waals surface area contributed by atoms with Crippen LogP contribution in [0.15, 0.2) is 48.5 Å². The Kier molecular flexibility index (Phi) is 2.61. The molecule has 0 spiro atoms. The predicted molar refractivity (Wildman–Crippen MR) is 71.3 cm³/mol. The van der Waals surface area contributed by atoms with Gasteiger partial charge in [0.1, 0.15) is 23.7 Å². The van der Waals surface area contributed by atoms with Crippen molar-refractivity contribution < 1.29 is 4.74 Å². The van der Waals surface area contributed by atoms with Crippen LogP contribution in [0.4, 0.5) is 5.69 Å². The normalized spacial score (nSPS) is 10.7. The van der Waals surface area contributed by atoms with Crippen LogP contribution in [0.1, 0.15) is 5.82 Å². The lowest BCUT2D eigenvalue weighted by Gasteiger charge is -2.02. The fourth-order valence-electron chi connectivity index (χ4n) is 1.84. The number of rotatable bonds is 3. The van der Waals surface area contributed by atoms with Crippen molar-refractivity contribution in [1.29, 1.82) is 0 Å². The Morgan fingerprint density at radius 1 is 1.06 bits per heavy atom. The van der Waals surface area contributed by atoms with E-state index in [9.17, 15) is 0 Å². The lowest BCUT2D eigenvalue weighted by Crippen LogP contribution is -1.97. The first-order valence-electron chi connectivity index (χ1n) is 5.74. The van der Waals surface area contributed by atoms with E-state index in [1.807, 2.05) is 48.5 Å². The molecule has 0 amide bonds. The van der Waals surface area contributed by atoms with Crippen LogP contribution in [0.3, 0.4) is 0 Å². The molecule has 0 saturated carbocycles. The summed E-state index contributed by atoms with van der Waals surface area (Å²) < 4.78 is 5.63.